The maximum absolute atomic E-state index is 6.02. The van der Waals surface area contributed by atoms with Gasteiger partial charge in [0.2, 0.25) is 0 Å². The van der Waals surface area contributed by atoms with Gasteiger partial charge in [0, 0.05) is 28.6 Å². The number of nitrogens with zero attached hydrogens (tertiary/aromatic N) is 2. The van der Waals surface area contributed by atoms with Crippen molar-refractivity contribution in [3.63, 3.8) is 0 Å². The molecule has 23 heavy (non-hydrogen) atoms. The van der Waals surface area contributed by atoms with Gasteiger partial charge in [-0.15, -0.1) is 0 Å². The number of benzene rings is 2. The molecule has 0 fully saturated rings. The third-order valence-corrected chi connectivity index (χ3v) is 7.29. The van der Waals surface area contributed by atoms with E-state index >= 15 is 0 Å². The minimum Gasteiger partial charge on any atom is -0.272 e. The first-order valence-corrected chi connectivity index (χ1v) is 10.0. The molecule has 0 atom stereocenters. The van der Waals surface area contributed by atoms with Gasteiger partial charge in [0.15, 0.2) is 0 Å². The predicted octanol–water partition coefficient (Wildman–Crippen LogP) is 3.05. The number of pyridine rings is 1. The fourth-order valence-electron chi connectivity index (χ4n) is 2.18. The zero-order valence-corrected chi connectivity index (χ0v) is 14.1. The van der Waals surface area contributed by atoms with Crippen LogP contribution in [0.1, 0.15) is 5.56 Å². The molecule has 3 rings (SSSR count). The summed E-state index contributed by atoms with van der Waals surface area (Å²) in [7, 11) is 0. The second-order valence-corrected chi connectivity index (χ2v) is 9.02. The smallest absolute Gasteiger partial charge is 0.106 e. The van der Waals surface area contributed by atoms with Crippen LogP contribution in [0, 0.1) is 0 Å². The van der Waals surface area contributed by atoms with Crippen LogP contribution in [0.2, 0.25) is 0 Å². The van der Waals surface area contributed by atoms with Crippen molar-refractivity contribution in [2.45, 2.75) is 0 Å². The minimum absolute atomic E-state index is 0.933. The highest BCUT2D eigenvalue weighted by molar-refractivity contribution is 8.20. The Morgan fingerprint density at radius 2 is 1.48 bits per heavy atom. The van der Waals surface area contributed by atoms with Crippen LogP contribution in [0.4, 0.5) is 0 Å². The van der Waals surface area contributed by atoms with Gasteiger partial charge in [-0.3, -0.25) is 10.2 Å². The number of aromatic nitrogens is 1. The quantitative estimate of drug-likeness (QED) is 0.442. The van der Waals surface area contributed by atoms with Crippen molar-refractivity contribution in [3.05, 3.63) is 90.8 Å². The molecule has 5 heteroatoms. The van der Waals surface area contributed by atoms with E-state index in [1.165, 1.54) is 0 Å². The molecule has 3 nitrogen and oxygen atoms in total. The van der Waals surface area contributed by atoms with Gasteiger partial charge in [0.1, 0.15) is 6.19 Å². The lowest BCUT2D eigenvalue weighted by molar-refractivity contribution is 1.11. The van der Waals surface area contributed by atoms with E-state index in [4.69, 9.17) is 11.8 Å². The lowest BCUT2D eigenvalue weighted by Crippen LogP contribution is -2.24. The topological polar surface area (TPSA) is 37.3 Å². The van der Waals surface area contributed by atoms with Crippen molar-refractivity contribution < 1.29 is 0 Å². The Morgan fingerprint density at radius 1 is 0.870 bits per heavy atom. The summed E-state index contributed by atoms with van der Waals surface area (Å²) < 4.78 is 0. The Kier molecular flexibility index (Phi) is 4.96. The molecule has 0 bridgehead atoms. The Labute approximate surface area is 141 Å². The summed E-state index contributed by atoms with van der Waals surface area (Å²) in [6, 6.07) is 24.1. The summed E-state index contributed by atoms with van der Waals surface area (Å²) >= 11 is 6.02. The van der Waals surface area contributed by atoms with E-state index < -0.39 is 6.19 Å². The molecule has 0 radical (unpaired) electrons. The first kappa shape index (κ1) is 15.6. The van der Waals surface area contributed by atoms with Crippen molar-refractivity contribution in [2.24, 2.45) is 5.10 Å². The maximum atomic E-state index is 6.02. The molecule has 0 aliphatic heterocycles. The molecule has 0 aliphatic carbocycles. The number of hydrazone groups is 1. The maximum Gasteiger partial charge on any atom is 0.106 e. The molecule has 0 spiro atoms. The third kappa shape index (κ3) is 3.73. The molecule has 0 saturated carbocycles. The van der Waals surface area contributed by atoms with E-state index in [0.717, 1.165) is 16.2 Å². The Balaban J connectivity index is 1.94. The molecule has 0 unspecified atom stereocenters. The molecule has 0 saturated heterocycles. The van der Waals surface area contributed by atoms with Gasteiger partial charge in [-0.1, -0.05) is 78.5 Å². The van der Waals surface area contributed by atoms with E-state index in [0.29, 0.717) is 0 Å². The third-order valence-electron chi connectivity index (χ3n) is 3.34. The van der Waals surface area contributed by atoms with Crippen LogP contribution < -0.4 is 15.8 Å². The van der Waals surface area contributed by atoms with Crippen molar-refractivity contribution in [2.75, 3.05) is 0 Å². The van der Waals surface area contributed by atoms with Crippen molar-refractivity contribution >= 4 is 34.8 Å². The Morgan fingerprint density at radius 3 is 2.00 bits per heavy atom. The summed E-state index contributed by atoms with van der Waals surface area (Å²) in [4.78, 5) is 4.08. The molecule has 1 aromatic heterocycles. The summed E-state index contributed by atoms with van der Waals surface area (Å²) in [5.74, 6) is 0. The van der Waals surface area contributed by atoms with E-state index in [-0.39, 0.29) is 0 Å². The lowest BCUT2D eigenvalue weighted by atomic mass is 10.3. The predicted molar refractivity (Wildman–Crippen MR) is 101 cm³/mol. The Bertz CT molecular complexity index is 777. The highest BCUT2D eigenvalue weighted by Gasteiger charge is 2.21. The van der Waals surface area contributed by atoms with Crippen LogP contribution in [-0.4, -0.2) is 11.2 Å². The Hall–Kier alpha value is -2.29. The fourth-order valence-corrected chi connectivity index (χ4v) is 4.98. The summed E-state index contributed by atoms with van der Waals surface area (Å²) in [5.41, 5.74) is 0.933. The van der Waals surface area contributed by atoms with E-state index in [2.05, 4.69) is 39.5 Å². The standard InChI is InChI=1S/C18H16N3PS/c23-22(17-9-3-1-4-10-17,18-11-5-2-6-12-18)21-20-15-16-8-7-13-19-14-16/h1-15H,(H,21,23)/b20-15-. The molecular weight excluding hydrogens is 321 g/mol. The van der Waals surface area contributed by atoms with Gasteiger partial charge >= 0.3 is 0 Å². The molecular formula is C18H16N3PS. The van der Waals surface area contributed by atoms with Gasteiger partial charge in [-0.2, -0.15) is 5.10 Å². The normalized spacial score (nSPS) is 11.5. The van der Waals surface area contributed by atoms with Crippen LogP contribution in [0.5, 0.6) is 0 Å². The van der Waals surface area contributed by atoms with E-state index in [1.54, 1.807) is 18.6 Å². The molecule has 0 amide bonds. The van der Waals surface area contributed by atoms with Crippen LogP contribution in [0.15, 0.2) is 90.3 Å². The van der Waals surface area contributed by atoms with Gasteiger partial charge < -0.3 is 0 Å². The molecule has 3 aromatic rings. The zero-order valence-electron chi connectivity index (χ0n) is 12.4. The summed E-state index contributed by atoms with van der Waals surface area (Å²) in [6.07, 6.45) is 3.06. The van der Waals surface area contributed by atoms with E-state index in [1.807, 2.05) is 48.5 Å². The van der Waals surface area contributed by atoms with Crippen LogP contribution in [-0.2, 0) is 11.8 Å². The monoisotopic (exact) mass is 337 g/mol. The molecule has 2 aromatic carbocycles. The molecule has 0 aliphatic rings. The largest absolute Gasteiger partial charge is 0.272 e. The highest BCUT2D eigenvalue weighted by atomic mass is 32.4. The first-order chi connectivity index (χ1) is 11.3. The molecule has 114 valence electrons. The lowest BCUT2D eigenvalue weighted by Gasteiger charge is -2.22. The average molecular weight is 337 g/mol. The summed E-state index contributed by atoms with van der Waals surface area (Å²) in [5, 5.41) is 9.82. The van der Waals surface area contributed by atoms with Crippen LogP contribution in [0.25, 0.3) is 0 Å². The minimum atomic E-state index is -2.20. The first-order valence-electron chi connectivity index (χ1n) is 7.21. The fraction of sp³-hybridized carbons (Fsp3) is 0. The number of nitrogens with one attached hydrogen (secondary N) is 1. The van der Waals surface area contributed by atoms with Crippen LogP contribution >= 0.6 is 6.19 Å². The second-order valence-electron chi connectivity index (χ2n) is 4.92. The van der Waals surface area contributed by atoms with Crippen LogP contribution in [0.3, 0.4) is 0 Å². The second kappa shape index (κ2) is 7.32. The average Bonchev–Trinajstić information content (AvgIpc) is 2.64. The molecule has 1 N–H and O–H groups in total. The van der Waals surface area contributed by atoms with Gasteiger partial charge in [-0.25, -0.2) is 0 Å². The van der Waals surface area contributed by atoms with Crippen molar-refractivity contribution in [1.29, 1.82) is 0 Å². The zero-order chi connectivity index (χ0) is 16.0. The van der Waals surface area contributed by atoms with Gasteiger partial charge in [0.25, 0.3) is 0 Å². The SMILES string of the molecule is S=P(N/N=C\c1cccnc1)(c1ccccc1)c1ccccc1. The van der Waals surface area contributed by atoms with Gasteiger partial charge in [-0.05, 0) is 6.07 Å². The van der Waals surface area contributed by atoms with Crippen molar-refractivity contribution in [3.8, 4) is 0 Å². The molecule has 1 heterocycles. The highest BCUT2D eigenvalue weighted by Crippen LogP contribution is 2.38. The summed E-state index contributed by atoms with van der Waals surface area (Å²) in [6.45, 7) is 0. The van der Waals surface area contributed by atoms with Gasteiger partial charge in [0.05, 0.1) is 6.21 Å². The van der Waals surface area contributed by atoms with E-state index in [9.17, 15) is 0 Å². The number of hydrogen-bond acceptors (Lipinski definition) is 3. The number of hydrogen-bond donors (Lipinski definition) is 1. The number of rotatable bonds is 5. The van der Waals surface area contributed by atoms with Crippen molar-refractivity contribution in [1.82, 2.24) is 10.2 Å².